The van der Waals surface area contributed by atoms with Gasteiger partial charge in [0.25, 0.3) is 0 Å². The Morgan fingerprint density at radius 1 is 1.36 bits per heavy atom. The summed E-state index contributed by atoms with van der Waals surface area (Å²) in [6.45, 7) is 0.864. The lowest BCUT2D eigenvalue weighted by Crippen LogP contribution is -2.55. The molecule has 1 heterocycles. The lowest BCUT2D eigenvalue weighted by Gasteiger charge is -2.34. The molecule has 0 radical (unpaired) electrons. The fraction of sp³-hybridized carbons (Fsp3) is 0.462. The second-order valence-corrected chi connectivity index (χ2v) is 8.34. The molecule has 1 amide bonds. The molecule has 0 aromatic heterocycles. The van der Waals surface area contributed by atoms with Crippen LogP contribution in [-0.4, -0.2) is 38.4 Å². The Hall–Kier alpha value is -0.700. The molecule has 0 bridgehead atoms. The van der Waals surface area contributed by atoms with Crippen LogP contribution in [0, 0.1) is 5.82 Å². The molecule has 1 aliphatic heterocycles. The predicted molar refractivity (Wildman–Crippen MR) is 89.7 cm³/mol. The molecule has 0 aliphatic carbocycles. The molecule has 22 heavy (non-hydrogen) atoms. The molecule has 2 rings (SSSR count). The second kappa shape index (κ2) is 7.25. The average molecular weight is 416 g/mol. The number of amides is 1. The Kier molecular flexibility index (Phi) is 6.37. The minimum absolute atomic E-state index is 0. The minimum Gasteiger partial charge on any atom is -0.322 e. The molecular weight excluding hydrogens is 399 g/mol. The molecule has 2 N–H and O–H groups in total. The highest BCUT2D eigenvalue weighted by atomic mass is 79.9. The number of hydrogen-bond donors (Lipinski definition) is 2. The zero-order valence-electron chi connectivity index (χ0n) is 11.9. The van der Waals surface area contributed by atoms with Gasteiger partial charge in [-0.3, -0.25) is 4.79 Å². The second-order valence-electron chi connectivity index (χ2n) is 5.09. The van der Waals surface area contributed by atoms with E-state index in [2.05, 4.69) is 26.6 Å². The lowest BCUT2D eigenvalue weighted by atomic mass is 9.95. The van der Waals surface area contributed by atoms with E-state index in [0.29, 0.717) is 17.6 Å². The molecule has 9 heteroatoms. The smallest absolute Gasteiger partial charge is 0.246 e. The zero-order valence-corrected chi connectivity index (χ0v) is 15.1. The van der Waals surface area contributed by atoms with Gasteiger partial charge in [-0.1, -0.05) is 15.9 Å². The molecule has 0 atom stereocenters. The van der Waals surface area contributed by atoms with Crippen molar-refractivity contribution in [2.75, 3.05) is 24.7 Å². The molecule has 5 nitrogen and oxygen atoms in total. The number of halogens is 3. The predicted octanol–water partition coefficient (Wildman–Crippen LogP) is 2.12. The Labute approximate surface area is 143 Å². The summed E-state index contributed by atoms with van der Waals surface area (Å²) in [5.41, 5.74) is -0.0315. The minimum atomic E-state index is -3.62. The molecular formula is C13H17BrClFN2O3S. The van der Waals surface area contributed by atoms with E-state index >= 15 is 0 Å². The van der Waals surface area contributed by atoms with Gasteiger partial charge in [-0.2, -0.15) is 0 Å². The maximum absolute atomic E-state index is 13.7. The molecule has 1 aliphatic rings. The van der Waals surface area contributed by atoms with E-state index in [4.69, 9.17) is 0 Å². The van der Waals surface area contributed by atoms with Crippen molar-refractivity contribution in [1.29, 1.82) is 0 Å². The van der Waals surface area contributed by atoms with Crippen molar-refractivity contribution in [2.24, 2.45) is 0 Å². The molecule has 1 saturated heterocycles. The highest BCUT2D eigenvalue weighted by molar-refractivity contribution is 9.10. The van der Waals surface area contributed by atoms with Gasteiger partial charge < -0.3 is 10.6 Å². The van der Waals surface area contributed by atoms with E-state index in [1.54, 1.807) is 0 Å². The third kappa shape index (κ3) is 3.79. The Balaban J connectivity index is 0.00000242. The van der Waals surface area contributed by atoms with E-state index < -0.39 is 26.3 Å². The van der Waals surface area contributed by atoms with Crippen molar-refractivity contribution in [1.82, 2.24) is 5.32 Å². The van der Waals surface area contributed by atoms with E-state index in [-0.39, 0.29) is 30.9 Å². The summed E-state index contributed by atoms with van der Waals surface area (Å²) < 4.78 is 37.0. The average Bonchev–Trinajstić information content (AvgIpc) is 2.42. The summed E-state index contributed by atoms with van der Waals surface area (Å²) in [6, 6.07) is 4.11. The fourth-order valence-electron chi connectivity index (χ4n) is 2.43. The topological polar surface area (TPSA) is 75.3 Å². The normalized spacial score (nSPS) is 17.4. The number of carbonyl (C=O) groups excluding carboxylic acids is 1. The van der Waals surface area contributed by atoms with Crippen molar-refractivity contribution >= 4 is 49.8 Å². The van der Waals surface area contributed by atoms with Crippen LogP contribution in [0.4, 0.5) is 10.1 Å². The number of piperidine rings is 1. The Bertz CT molecular complexity index is 663. The summed E-state index contributed by atoms with van der Waals surface area (Å²) >= 11 is 3.19. The van der Waals surface area contributed by atoms with E-state index in [1.807, 2.05) is 0 Å². The first-order chi connectivity index (χ1) is 9.76. The monoisotopic (exact) mass is 414 g/mol. The van der Waals surface area contributed by atoms with Crippen LogP contribution >= 0.6 is 28.3 Å². The van der Waals surface area contributed by atoms with Crippen LogP contribution in [0.15, 0.2) is 22.7 Å². The summed E-state index contributed by atoms with van der Waals surface area (Å²) in [5.74, 6) is -1.28. The molecule has 0 unspecified atom stereocenters. The SMILES string of the molecule is CS(=O)(=O)C1(C(=O)Nc2cc(Br)ccc2F)CCNCC1.Cl. The molecule has 0 saturated carbocycles. The lowest BCUT2D eigenvalue weighted by molar-refractivity contribution is -0.119. The van der Waals surface area contributed by atoms with Gasteiger partial charge in [-0.15, -0.1) is 12.4 Å². The molecule has 0 spiro atoms. The maximum Gasteiger partial charge on any atom is 0.246 e. The highest BCUT2D eigenvalue weighted by Crippen LogP contribution is 2.30. The molecule has 124 valence electrons. The van der Waals surface area contributed by atoms with Crippen molar-refractivity contribution in [3.8, 4) is 0 Å². The van der Waals surface area contributed by atoms with Gasteiger partial charge in [0, 0.05) is 10.7 Å². The summed E-state index contributed by atoms with van der Waals surface area (Å²) in [6.07, 6.45) is 1.40. The first-order valence-corrected chi connectivity index (χ1v) is 9.11. The standard InChI is InChI=1S/C13H16BrFN2O3S.ClH/c1-21(19,20)13(4-6-16-7-5-13)12(18)17-11-8-9(14)2-3-10(11)15;/h2-3,8,16H,4-7H2,1H3,(H,17,18);1H. The molecule has 1 aromatic carbocycles. The van der Waals surface area contributed by atoms with Crippen LogP contribution in [0.2, 0.25) is 0 Å². The van der Waals surface area contributed by atoms with E-state index in [1.165, 1.54) is 18.2 Å². The van der Waals surface area contributed by atoms with Crippen LogP contribution < -0.4 is 10.6 Å². The van der Waals surface area contributed by atoms with Gasteiger partial charge in [0.1, 0.15) is 5.82 Å². The summed E-state index contributed by atoms with van der Waals surface area (Å²) in [7, 11) is -3.62. The zero-order chi connectivity index (χ0) is 15.7. The van der Waals surface area contributed by atoms with E-state index in [0.717, 1.165) is 6.26 Å². The number of sulfone groups is 1. The Morgan fingerprint density at radius 3 is 2.50 bits per heavy atom. The van der Waals surface area contributed by atoms with Crippen molar-refractivity contribution < 1.29 is 17.6 Å². The highest BCUT2D eigenvalue weighted by Gasteiger charge is 2.48. The van der Waals surface area contributed by atoms with Gasteiger partial charge in [-0.05, 0) is 44.1 Å². The largest absolute Gasteiger partial charge is 0.322 e. The van der Waals surface area contributed by atoms with E-state index in [9.17, 15) is 17.6 Å². The number of nitrogens with one attached hydrogen (secondary N) is 2. The molecule has 1 aromatic rings. The van der Waals surface area contributed by atoms with Crippen molar-refractivity contribution in [2.45, 2.75) is 17.6 Å². The van der Waals surface area contributed by atoms with Crippen LogP contribution in [0.25, 0.3) is 0 Å². The maximum atomic E-state index is 13.7. The third-order valence-electron chi connectivity index (χ3n) is 3.71. The number of carbonyl (C=O) groups is 1. The van der Waals surface area contributed by atoms with Crippen LogP contribution in [0.1, 0.15) is 12.8 Å². The van der Waals surface area contributed by atoms with Gasteiger partial charge in [0.2, 0.25) is 5.91 Å². The summed E-state index contributed by atoms with van der Waals surface area (Å²) in [4.78, 5) is 12.5. The van der Waals surface area contributed by atoms with Gasteiger partial charge in [0.15, 0.2) is 14.6 Å². The first kappa shape index (κ1) is 19.3. The van der Waals surface area contributed by atoms with Crippen LogP contribution in [0.3, 0.4) is 0 Å². The van der Waals surface area contributed by atoms with Crippen molar-refractivity contribution in [3.63, 3.8) is 0 Å². The number of rotatable bonds is 3. The molecule has 1 fully saturated rings. The quantitative estimate of drug-likeness (QED) is 0.793. The first-order valence-electron chi connectivity index (χ1n) is 6.43. The number of hydrogen-bond acceptors (Lipinski definition) is 4. The van der Waals surface area contributed by atoms with Crippen LogP contribution in [-0.2, 0) is 14.6 Å². The number of anilines is 1. The fourth-order valence-corrected chi connectivity index (χ4v) is 4.12. The third-order valence-corrected chi connectivity index (χ3v) is 6.22. The summed E-state index contributed by atoms with van der Waals surface area (Å²) in [5, 5.41) is 5.44. The Morgan fingerprint density at radius 2 is 1.95 bits per heavy atom. The van der Waals surface area contributed by atoms with Gasteiger partial charge >= 0.3 is 0 Å². The van der Waals surface area contributed by atoms with Gasteiger partial charge in [-0.25, -0.2) is 12.8 Å². The van der Waals surface area contributed by atoms with Crippen molar-refractivity contribution in [3.05, 3.63) is 28.5 Å². The number of benzene rings is 1. The van der Waals surface area contributed by atoms with Crippen LogP contribution in [0.5, 0.6) is 0 Å². The van der Waals surface area contributed by atoms with Gasteiger partial charge in [0.05, 0.1) is 5.69 Å².